The molecule has 1 saturated carbocycles. The Morgan fingerprint density at radius 3 is 2.63 bits per heavy atom. The van der Waals surface area contributed by atoms with E-state index >= 15 is 0 Å². The lowest BCUT2D eigenvalue weighted by Crippen LogP contribution is -2.43. The first-order valence-electron chi connectivity index (χ1n) is 9.73. The number of halogens is 1. The molecule has 0 unspecified atom stereocenters. The lowest BCUT2D eigenvalue weighted by molar-refractivity contribution is 0.138. The molecule has 0 amide bonds. The Bertz CT molecular complexity index is 573. The molecule has 0 atom stereocenters. The summed E-state index contributed by atoms with van der Waals surface area (Å²) in [7, 11) is 5.79. The molecule has 27 heavy (non-hydrogen) atoms. The van der Waals surface area contributed by atoms with Crippen LogP contribution in [-0.4, -0.2) is 51.8 Å². The third-order valence-corrected chi connectivity index (χ3v) is 5.13. The van der Waals surface area contributed by atoms with Crippen LogP contribution < -0.4 is 15.5 Å². The second-order valence-electron chi connectivity index (χ2n) is 7.38. The Hall–Kier alpha value is -1.09. The van der Waals surface area contributed by atoms with Crippen molar-refractivity contribution >= 4 is 35.8 Å². The zero-order valence-corrected chi connectivity index (χ0v) is 19.6. The molecule has 1 aliphatic carbocycles. The second-order valence-corrected chi connectivity index (χ2v) is 7.38. The average Bonchev–Trinajstić information content (AvgIpc) is 3.12. The van der Waals surface area contributed by atoms with Crippen molar-refractivity contribution in [3.8, 4) is 0 Å². The molecule has 1 fully saturated rings. The van der Waals surface area contributed by atoms with Gasteiger partial charge < -0.3 is 20.3 Å². The molecule has 0 saturated heterocycles. The highest BCUT2D eigenvalue weighted by Crippen LogP contribution is 2.40. The number of guanidine groups is 1. The van der Waals surface area contributed by atoms with Crippen LogP contribution in [0, 0.1) is 5.41 Å². The van der Waals surface area contributed by atoms with E-state index in [0.29, 0.717) is 12.0 Å². The number of ether oxygens (including phenoxy) is 1. The number of rotatable bonds is 9. The Kier molecular flexibility index (Phi) is 11.0. The number of methoxy groups -OCH3 is 1. The first-order chi connectivity index (χ1) is 12.6. The van der Waals surface area contributed by atoms with Crippen LogP contribution in [-0.2, 0) is 11.3 Å². The van der Waals surface area contributed by atoms with Gasteiger partial charge >= 0.3 is 0 Å². The molecule has 0 aromatic carbocycles. The highest BCUT2D eigenvalue weighted by molar-refractivity contribution is 14.0. The largest absolute Gasteiger partial charge is 0.385 e. The van der Waals surface area contributed by atoms with Gasteiger partial charge in [0.25, 0.3) is 0 Å². The van der Waals surface area contributed by atoms with Crippen LogP contribution in [0.15, 0.2) is 23.2 Å². The van der Waals surface area contributed by atoms with E-state index < -0.39 is 0 Å². The molecule has 1 aromatic rings. The number of aromatic nitrogens is 1. The molecule has 154 valence electrons. The van der Waals surface area contributed by atoms with Crippen LogP contribution in [0.3, 0.4) is 0 Å². The second kappa shape index (κ2) is 12.4. The van der Waals surface area contributed by atoms with Crippen molar-refractivity contribution in [1.29, 1.82) is 0 Å². The van der Waals surface area contributed by atoms with Crippen molar-refractivity contribution < 1.29 is 4.74 Å². The summed E-state index contributed by atoms with van der Waals surface area (Å²) in [6, 6.07) is 6.07. The Labute approximate surface area is 181 Å². The van der Waals surface area contributed by atoms with E-state index in [9.17, 15) is 0 Å². The van der Waals surface area contributed by atoms with E-state index in [2.05, 4.69) is 22.5 Å². The SMILES string of the molecule is CCNC(=NCc1cccc(N(C)C)n1)NCC1(CCOC)CCCC1.I. The molecule has 6 nitrogen and oxygen atoms in total. The maximum absolute atomic E-state index is 5.33. The van der Waals surface area contributed by atoms with Crippen molar-refractivity contribution in [3.05, 3.63) is 23.9 Å². The molecular weight excluding hydrogens is 453 g/mol. The van der Waals surface area contributed by atoms with E-state index in [1.807, 2.05) is 37.2 Å². The normalized spacial score (nSPS) is 15.9. The number of pyridine rings is 1. The molecule has 0 aliphatic heterocycles. The fourth-order valence-corrected chi connectivity index (χ4v) is 3.54. The van der Waals surface area contributed by atoms with E-state index in [-0.39, 0.29) is 24.0 Å². The van der Waals surface area contributed by atoms with Gasteiger partial charge in [0.1, 0.15) is 5.82 Å². The Balaban J connectivity index is 0.00000364. The highest BCUT2D eigenvalue weighted by atomic mass is 127. The smallest absolute Gasteiger partial charge is 0.191 e. The maximum Gasteiger partial charge on any atom is 0.191 e. The predicted octanol–water partition coefficient (Wildman–Crippen LogP) is 3.42. The first-order valence-corrected chi connectivity index (χ1v) is 9.73. The Morgan fingerprint density at radius 2 is 2.00 bits per heavy atom. The topological polar surface area (TPSA) is 61.8 Å². The molecular formula is C20H36IN5O. The summed E-state index contributed by atoms with van der Waals surface area (Å²) < 4.78 is 5.33. The molecule has 0 bridgehead atoms. The molecule has 1 heterocycles. The molecule has 1 aromatic heterocycles. The van der Waals surface area contributed by atoms with E-state index in [0.717, 1.165) is 43.6 Å². The van der Waals surface area contributed by atoms with Crippen LogP contribution in [0.1, 0.15) is 44.7 Å². The summed E-state index contributed by atoms with van der Waals surface area (Å²) in [4.78, 5) is 11.4. The van der Waals surface area contributed by atoms with Crippen LogP contribution in [0.5, 0.6) is 0 Å². The highest BCUT2D eigenvalue weighted by Gasteiger charge is 2.33. The predicted molar refractivity (Wildman–Crippen MR) is 124 cm³/mol. The van der Waals surface area contributed by atoms with Gasteiger partial charge in [-0.15, -0.1) is 24.0 Å². The van der Waals surface area contributed by atoms with Gasteiger partial charge in [-0.25, -0.2) is 9.98 Å². The summed E-state index contributed by atoms with van der Waals surface area (Å²) in [6.45, 7) is 5.30. The fraction of sp³-hybridized carbons (Fsp3) is 0.700. The zero-order valence-electron chi connectivity index (χ0n) is 17.3. The number of hydrogen-bond acceptors (Lipinski definition) is 4. The minimum Gasteiger partial charge on any atom is -0.385 e. The number of anilines is 1. The van der Waals surface area contributed by atoms with Gasteiger partial charge in [-0.05, 0) is 43.7 Å². The summed E-state index contributed by atoms with van der Waals surface area (Å²) in [6.07, 6.45) is 6.30. The Morgan fingerprint density at radius 1 is 1.26 bits per heavy atom. The summed E-state index contributed by atoms with van der Waals surface area (Å²) in [5, 5.41) is 6.92. The minimum absolute atomic E-state index is 0. The summed E-state index contributed by atoms with van der Waals surface area (Å²) in [5.74, 6) is 1.83. The molecule has 7 heteroatoms. The van der Waals surface area contributed by atoms with Gasteiger partial charge in [0, 0.05) is 40.9 Å². The van der Waals surface area contributed by atoms with E-state index in [4.69, 9.17) is 9.73 Å². The third-order valence-electron chi connectivity index (χ3n) is 5.13. The van der Waals surface area contributed by atoms with E-state index in [1.165, 1.54) is 25.7 Å². The van der Waals surface area contributed by atoms with Crippen molar-refractivity contribution in [3.63, 3.8) is 0 Å². The lowest BCUT2D eigenvalue weighted by Gasteiger charge is -2.30. The number of aliphatic imine (C=N–C) groups is 1. The molecule has 2 N–H and O–H groups in total. The van der Waals surface area contributed by atoms with Crippen molar-refractivity contribution in [2.75, 3.05) is 45.8 Å². The number of nitrogens with one attached hydrogen (secondary N) is 2. The van der Waals surface area contributed by atoms with Gasteiger partial charge in [0.2, 0.25) is 0 Å². The van der Waals surface area contributed by atoms with Gasteiger partial charge in [0.15, 0.2) is 5.96 Å². The lowest BCUT2D eigenvalue weighted by atomic mass is 9.83. The van der Waals surface area contributed by atoms with Crippen molar-refractivity contribution in [2.45, 2.75) is 45.6 Å². The molecule has 0 radical (unpaired) electrons. The van der Waals surface area contributed by atoms with Crippen LogP contribution in [0.25, 0.3) is 0 Å². The summed E-state index contributed by atoms with van der Waals surface area (Å²) in [5.41, 5.74) is 1.32. The maximum atomic E-state index is 5.33. The standard InChI is InChI=1S/C20H35N5O.HI/c1-5-21-19(22-15-17-9-8-10-18(24-17)25(2)3)23-16-20(13-14-26-4)11-6-7-12-20;/h8-10H,5-7,11-16H2,1-4H3,(H2,21,22,23);1H. The van der Waals surface area contributed by atoms with Crippen molar-refractivity contribution in [1.82, 2.24) is 15.6 Å². The van der Waals surface area contributed by atoms with Gasteiger partial charge in [-0.2, -0.15) is 0 Å². The quantitative estimate of drug-likeness (QED) is 0.316. The van der Waals surface area contributed by atoms with Gasteiger partial charge in [-0.1, -0.05) is 18.9 Å². The molecule has 0 spiro atoms. The number of nitrogens with zero attached hydrogens (tertiary/aromatic N) is 3. The first kappa shape index (κ1) is 23.9. The average molecular weight is 489 g/mol. The van der Waals surface area contributed by atoms with Gasteiger partial charge in [0.05, 0.1) is 12.2 Å². The fourth-order valence-electron chi connectivity index (χ4n) is 3.54. The monoisotopic (exact) mass is 489 g/mol. The van der Waals surface area contributed by atoms with Crippen molar-refractivity contribution in [2.24, 2.45) is 10.4 Å². The van der Waals surface area contributed by atoms with Crippen LogP contribution >= 0.6 is 24.0 Å². The minimum atomic E-state index is 0. The van der Waals surface area contributed by atoms with Crippen LogP contribution in [0.2, 0.25) is 0 Å². The zero-order chi connectivity index (χ0) is 18.8. The van der Waals surface area contributed by atoms with Gasteiger partial charge in [-0.3, -0.25) is 0 Å². The van der Waals surface area contributed by atoms with Crippen LogP contribution in [0.4, 0.5) is 5.82 Å². The number of hydrogen-bond donors (Lipinski definition) is 2. The summed E-state index contributed by atoms with van der Waals surface area (Å²) >= 11 is 0. The third kappa shape index (κ3) is 7.81. The molecule has 2 rings (SSSR count). The molecule has 1 aliphatic rings. The van der Waals surface area contributed by atoms with E-state index in [1.54, 1.807) is 7.11 Å².